The van der Waals surface area contributed by atoms with Crippen LogP contribution in [-0.4, -0.2) is 72.7 Å². The summed E-state index contributed by atoms with van der Waals surface area (Å²) in [5.74, 6) is 0. The molecule has 0 aromatic heterocycles. The third-order valence-electron chi connectivity index (χ3n) is 3.16. The summed E-state index contributed by atoms with van der Waals surface area (Å²) in [5.41, 5.74) is 0.292. The Hall–Kier alpha value is 0.380. The highest BCUT2D eigenvalue weighted by molar-refractivity contribution is 8.82. The Labute approximate surface area is 124 Å². The summed E-state index contributed by atoms with van der Waals surface area (Å²) in [6, 6.07) is 0. The highest BCUT2D eigenvalue weighted by Crippen LogP contribution is 2.37. The second-order valence-electron chi connectivity index (χ2n) is 4.84. The highest BCUT2D eigenvalue weighted by Gasteiger charge is 2.24. The lowest BCUT2D eigenvalue weighted by Crippen LogP contribution is -2.35. The molecule has 0 spiro atoms. The molecule has 4 nitrogen and oxygen atoms in total. The van der Waals surface area contributed by atoms with Gasteiger partial charge in [0.25, 0.3) is 0 Å². The molecule has 0 amide bonds. The predicted octanol–water partition coefficient (Wildman–Crippen LogP) is 2.03. The first-order chi connectivity index (χ1) is 8.16. The molecule has 1 fully saturated rings. The summed E-state index contributed by atoms with van der Waals surface area (Å²) in [5, 5.41) is 1.13. The summed E-state index contributed by atoms with van der Waals surface area (Å²) in [6.07, 6.45) is 2.75. The van der Waals surface area contributed by atoms with Gasteiger partial charge in [-0.15, -0.1) is 12.4 Å². The van der Waals surface area contributed by atoms with Gasteiger partial charge in [-0.1, -0.05) is 0 Å². The lowest BCUT2D eigenvalue weighted by Gasteiger charge is -2.23. The van der Waals surface area contributed by atoms with Crippen LogP contribution in [0.5, 0.6) is 0 Å². The van der Waals surface area contributed by atoms with Gasteiger partial charge in [0.05, 0.1) is 0 Å². The van der Waals surface area contributed by atoms with Crippen LogP contribution in [-0.2, 0) is 0 Å². The van der Waals surface area contributed by atoms with Crippen LogP contribution < -0.4 is 0 Å². The Morgan fingerprint density at radius 3 is 2.50 bits per heavy atom. The summed E-state index contributed by atoms with van der Waals surface area (Å²) < 4.78 is 0. The molecule has 2 aliphatic heterocycles. The Morgan fingerprint density at radius 2 is 1.94 bits per heavy atom. The van der Waals surface area contributed by atoms with E-state index in [1.165, 1.54) is 32.5 Å². The second-order valence-corrected chi connectivity index (χ2v) is 7.06. The number of rotatable bonds is 4. The monoisotopic (exact) mass is 310 g/mol. The molecule has 0 aromatic rings. The molecule has 7 heteroatoms. The van der Waals surface area contributed by atoms with Gasteiger partial charge < -0.3 is 9.80 Å². The molecule has 2 aliphatic rings. The molecule has 1 unspecified atom stereocenters. The fraction of sp³-hybridized carbons (Fsp3) is 0.909. The van der Waals surface area contributed by atoms with Gasteiger partial charge in [-0.2, -0.15) is 0 Å². The van der Waals surface area contributed by atoms with Crippen molar-refractivity contribution in [3.63, 3.8) is 0 Å². The van der Waals surface area contributed by atoms with E-state index in [0.29, 0.717) is 5.50 Å². The van der Waals surface area contributed by atoms with Crippen LogP contribution in [0.3, 0.4) is 0 Å². The van der Waals surface area contributed by atoms with Crippen molar-refractivity contribution in [2.45, 2.75) is 18.3 Å². The average molecular weight is 311 g/mol. The quantitative estimate of drug-likeness (QED) is 0.739. The predicted molar refractivity (Wildman–Crippen MR) is 85.6 cm³/mol. The van der Waals surface area contributed by atoms with Crippen LogP contribution >= 0.6 is 34.0 Å². The van der Waals surface area contributed by atoms with E-state index in [4.69, 9.17) is 4.99 Å². The molecular weight excluding hydrogens is 288 g/mol. The largest absolute Gasteiger partial charge is 0.357 e. The van der Waals surface area contributed by atoms with Gasteiger partial charge in [0.1, 0.15) is 0 Å². The Kier molecular flexibility index (Phi) is 7.16. The third-order valence-corrected chi connectivity index (χ3v) is 5.76. The van der Waals surface area contributed by atoms with E-state index in [1.807, 2.05) is 10.8 Å². The smallest absolute Gasteiger partial charge is 0.172 e. The molecule has 0 bridgehead atoms. The molecule has 0 aromatic carbocycles. The van der Waals surface area contributed by atoms with Gasteiger partial charge in [-0.05, 0) is 54.6 Å². The summed E-state index contributed by atoms with van der Waals surface area (Å²) in [7, 11) is 9.92. The van der Waals surface area contributed by atoms with Crippen LogP contribution in [0.1, 0.15) is 12.8 Å². The standard InChI is InChI=1S/C11H22N4S2.ClH/c1-13(2)10-12-11(17-16-10)14(3)8-9-15-6-4-5-7-15;/h11H,4-9H2,1-3H3;1H. The number of amidine groups is 1. The summed E-state index contributed by atoms with van der Waals surface area (Å²) >= 11 is 0. The van der Waals surface area contributed by atoms with E-state index >= 15 is 0 Å². The number of hydrogen-bond acceptors (Lipinski definition) is 6. The minimum absolute atomic E-state index is 0. The molecular formula is C11H23ClN4S2. The lowest BCUT2D eigenvalue weighted by molar-refractivity contribution is 0.250. The number of likely N-dealkylation sites (tertiary alicyclic amines) is 1. The van der Waals surface area contributed by atoms with E-state index in [0.717, 1.165) is 11.7 Å². The van der Waals surface area contributed by atoms with Crippen LogP contribution in [0, 0.1) is 0 Å². The van der Waals surface area contributed by atoms with E-state index in [1.54, 1.807) is 10.8 Å². The van der Waals surface area contributed by atoms with E-state index < -0.39 is 0 Å². The zero-order valence-electron chi connectivity index (χ0n) is 11.3. The van der Waals surface area contributed by atoms with Gasteiger partial charge in [0.2, 0.25) is 0 Å². The topological polar surface area (TPSA) is 22.1 Å². The SMILES string of the molecule is CN(C)C1=NC(N(C)CCN2CCCC2)SS1.Cl. The Morgan fingerprint density at radius 1 is 1.28 bits per heavy atom. The molecule has 0 radical (unpaired) electrons. The molecule has 106 valence electrons. The Balaban J connectivity index is 0.00000162. The van der Waals surface area contributed by atoms with Crippen LogP contribution in [0.15, 0.2) is 4.99 Å². The molecule has 0 aliphatic carbocycles. The first-order valence-corrected chi connectivity index (χ1v) is 8.39. The van der Waals surface area contributed by atoms with E-state index in [-0.39, 0.29) is 12.4 Å². The van der Waals surface area contributed by atoms with Crippen molar-refractivity contribution in [3.05, 3.63) is 0 Å². The number of likely N-dealkylation sites (N-methyl/N-ethyl adjacent to an activating group) is 1. The van der Waals surface area contributed by atoms with Gasteiger partial charge in [-0.3, -0.25) is 4.90 Å². The average Bonchev–Trinajstić information content (AvgIpc) is 2.96. The van der Waals surface area contributed by atoms with Crippen molar-refractivity contribution in [2.75, 3.05) is 47.3 Å². The molecule has 0 saturated carbocycles. The molecule has 18 heavy (non-hydrogen) atoms. The molecule has 0 N–H and O–H groups in total. The maximum Gasteiger partial charge on any atom is 0.172 e. The highest BCUT2D eigenvalue weighted by atomic mass is 35.5. The normalized spacial score (nSPS) is 24.2. The van der Waals surface area contributed by atoms with Crippen molar-refractivity contribution in [2.24, 2.45) is 4.99 Å². The van der Waals surface area contributed by atoms with Gasteiger partial charge >= 0.3 is 0 Å². The van der Waals surface area contributed by atoms with Gasteiger partial charge in [-0.25, -0.2) is 4.99 Å². The van der Waals surface area contributed by atoms with Crippen molar-refractivity contribution in [1.29, 1.82) is 0 Å². The maximum absolute atomic E-state index is 4.71. The molecule has 2 heterocycles. The van der Waals surface area contributed by atoms with E-state index in [2.05, 4.69) is 35.8 Å². The first kappa shape index (κ1) is 16.4. The zero-order valence-corrected chi connectivity index (χ0v) is 13.8. The zero-order chi connectivity index (χ0) is 12.3. The van der Waals surface area contributed by atoms with Crippen molar-refractivity contribution in [1.82, 2.24) is 14.7 Å². The van der Waals surface area contributed by atoms with E-state index in [9.17, 15) is 0 Å². The number of nitrogens with zero attached hydrogens (tertiary/aromatic N) is 4. The molecule has 1 saturated heterocycles. The first-order valence-electron chi connectivity index (χ1n) is 6.18. The van der Waals surface area contributed by atoms with Crippen LogP contribution in [0.4, 0.5) is 0 Å². The maximum atomic E-state index is 4.71. The Bertz CT molecular complexity index is 282. The fourth-order valence-corrected chi connectivity index (χ4v) is 4.59. The fourth-order valence-electron chi connectivity index (χ4n) is 2.00. The van der Waals surface area contributed by atoms with Crippen molar-refractivity contribution < 1.29 is 0 Å². The van der Waals surface area contributed by atoms with Gasteiger partial charge in [0, 0.05) is 27.2 Å². The molecule has 2 rings (SSSR count). The summed E-state index contributed by atoms with van der Waals surface area (Å²) in [4.78, 5) is 11.7. The van der Waals surface area contributed by atoms with Crippen LogP contribution in [0.25, 0.3) is 0 Å². The minimum Gasteiger partial charge on any atom is -0.357 e. The third kappa shape index (κ3) is 4.49. The van der Waals surface area contributed by atoms with Crippen molar-refractivity contribution in [3.8, 4) is 0 Å². The van der Waals surface area contributed by atoms with Crippen LogP contribution in [0.2, 0.25) is 0 Å². The molecule has 1 atom stereocenters. The minimum atomic E-state index is 0. The number of hydrogen-bond donors (Lipinski definition) is 0. The second kappa shape index (κ2) is 7.85. The van der Waals surface area contributed by atoms with Crippen molar-refractivity contribution >= 4 is 39.2 Å². The number of aliphatic imine (C=N–C) groups is 1. The number of halogens is 1. The summed E-state index contributed by atoms with van der Waals surface area (Å²) in [6.45, 7) is 4.87. The lowest BCUT2D eigenvalue weighted by atomic mass is 10.4. The van der Waals surface area contributed by atoms with Gasteiger partial charge in [0.15, 0.2) is 10.7 Å².